The molecule has 0 aliphatic carbocycles. The number of carbonyl (C=O) groups is 1. The molecule has 0 radical (unpaired) electrons. The smallest absolute Gasteiger partial charge is 0.249 e. The van der Waals surface area contributed by atoms with Crippen molar-refractivity contribution in [1.29, 1.82) is 0 Å². The minimum Gasteiger partial charge on any atom is -0.347 e. The maximum atomic E-state index is 13.1. The molecule has 0 aromatic heterocycles. The monoisotopic (exact) mass is 416 g/mol. The Hall–Kier alpha value is -2.09. The van der Waals surface area contributed by atoms with Gasteiger partial charge in [0.05, 0.1) is 10.9 Å². The van der Waals surface area contributed by atoms with Gasteiger partial charge in [-0.3, -0.25) is 4.79 Å². The predicted octanol–water partition coefficient (Wildman–Crippen LogP) is 3.66. The number of sulfonamides is 1. The zero-order valence-electron chi connectivity index (χ0n) is 15.7. The summed E-state index contributed by atoms with van der Waals surface area (Å²) in [6.07, 6.45) is 2.38. The van der Waals surface area contributed by atoms with Crippen LogP contribution in [-0.4, -0.2) is 36.3 Å². The standard InChI is InChI=1S/C21H24N2O3S2/c1-3-16-10-12-18(13-11-16)28(25,26)23-14-15-27-21(23)20(24)22-19(4-2)17-8-6-5-7-9-17/h3,5-13,19,21H,1,4,14-15H2,2H3,(H,22,24)/t19-,21-/m0/s1. The Labute approximate surface area is 170 Å². The van der Waals surface area contributed by atoms with E-state index in [4.69, 9.17) is 0 Å². The molecule has 3 rings (SSSR count). The van der Waals surface area contributed by atoms with E-state index in [1.807, 2.05) is 37.3 Å². The lowest BCUT2D eigenvalue weighted by Gasteiger charge is -2.25. The fourth-order valence-electron chi connectivity index (χ4n) is 3.17. The summed E-state index contributed by atoms with van der Waals surface area (Å²) in [6.45, 7) is 5.99. The molecule has 1 heterocycles. The number of amides is 1. The second-order valence-corrected chi connectivity index (χ2v) is 9.57. The van der Waals surface area contributed by atoms with Gasteiger partial charge in [-0.15, -0.1) is 11.8 Å². The number of hydrogen-bond donors (Lipinski definition) is 1. The third-order valence-corrected chi connectivity index (χ3v) is 7.94. The first-order chi connectivity index (χ1) is 13.5. The van der Waals surface area contributed by atoms with Crippen LogP contribution in [0, 0.1) is 0 Å². The molecule has 0 spiro atoms. The predicted molar refractivity (Wildman–Crippen MR) is 114 cm³/mol. The molecule has 2 aromatic rings. The highest BCUT2D eigenvalue weighted by Crippen LogP contribution is 2.31. The van der Waals surface area contributed by atoms with Crippen LogP contribution in [0.15, 0.2) is 66.1 Å². The maximum absolute atomic E-state index is 13.1. The van der Waals surface area contributed by atoms with Gasteiger partial charge in [-0.2, -0.15) is 4.31 Å². The molecule has 0 unspecified atom stereocenters. The van der Waals surface area contributed by atoms with Gasteiger partial charge >= 0.3 is 0 Å². The summed E-state index contributed by atoms with van der Waals surface area (Å²) in [5.74, 6) is 0.314. The van der Waals surface area contributed by atoms with Crippen LogP contribution in [0.3, 0.4) is 0 Å². The zero-order valence-corrected chi connectivity index (χ0v) is 17.4. The van der Waals surface area contributed by atoms with Gasteiger partial charge in [-0.1, -0.05) is 62.0 Å². The molecule has 148 valence electrons. The van der Waals surface area contributed by atoms with E-state index < -0.39 is 15.4 Å². The number of benzene rings is 2. The Balaban J connectivity index is 1.79. The summed E-state index contributed by atoms with van der Waals surface area (Å²) >= 11 is 1.35. The summed E-state index contributed by atoms with van der Waals surface area (Å²) in [5, 5.41) is 2.26. The van der Waals surface area contributed by atoms with E-state index in [0.29, 0.717) is 12.3 Å². The third-order valence-electron chi connectivity index (χ3n) is 4.72. The highest BCUT2D eigenvalue weighted by Gasteiger charge is 2.40. The van der Waals surface area contributed by atoms with Crippen LogP contribution in [0.1, 0.15) is 30.5 Å². The molecule has 0 saturated carbocycles. The van der Waals surface area contributed by atoms with Crippen LogP contribution in [0.5, 0.6) is 0 Å². The molecule has 28 heavy (non-hydrogen) atoms. The normalized spacial score (nSPS) is 18.5. The largest absolute Gasteiger partial charge is 0.347 e. The molecule has 0 bridgehead atoms. The van der Waals surface area contributed by atoms with Gasteiger partial charge < -0.3 is 5.32 Å². The SMILES string of the molecule is C=Cc1ccc(S(=O)(=O)N2CCS[C@H]2C(=O)N[C@@H](CC)c2ccccc2)cc1. The van der Waals surface area contributed by atoms with Crippen molar-refractivity contribution in [1.82, 2.24) is 9.62 Å². The van der Waals surface area contributed by atoms with Crippen molar-refractivity contribution in [2.24, 2.45) is 0 Å². The molecular weight excluding hydrogens is 392 g/mol. The van der Waals surface area contributed by atoms with Gasteiger partial charge in [-0.25, -0.2) is 8.42 Å². The summed E-state index contributed by atoms with van der Waals surface area (Å²) < 4.78 is 27.5. The molecule has 1 amide bonds. The highest BCUT2D eigenvalue weighted by molar-refractivity contribution is 8.02. The molecule has 1 saturated heterocycles. The fourth-order valence-corrected chi connectivity index (χ4v) is 6.25. The van der Waals surface area contributed by atoms with Crippen molar-refractivity contribution in [3.8, 4) is 0 Å². The van der Waals surface area contributed by atoms with Crippen molar-refractivity contribution < 1.29 is 13.2 Å². The lowest BCUT2D eigenvalue weighted by molar-refractivity contribution is -0.122. The van der Waals surface area contributed by atoms with Crippen molar-refractivity contribution in [2.75, 3.05) is 12.3 Å². The van der Waals surface area contributed by atoms with Crippen molar-refractivity contribution in [2.45, 2.75) is 29.7 Å². The molecule has 1 fully saturated rings. The molecule has 2 atom stereocenters. The highest BCUT2D eigenvalue weighted by atomic mass is 32.2. The minimum atomic E-state index is -3.75. The zero-order chi connectivity index (χ0) is 20.1. The Morgan fingerprint density at radius 1 is 1.25 bits per heavy atom. The number of thioether (sulfide) groups is 1. The summed E-state index contributed by atoms with van der Waals surface area (Å²) in [7, 11) is -3.75. The van der Waals surface area contributed by atoms with Crippen LogP contribution in [0.25, 0.3) is 6.08 Å². The van der Waals surface area contributed by atoms with Gasteiger partial charge in [0.2, 0.25) is 15.9 Å². The fraction of sp³-hybridized carbons (Fsp3) is 0.286. The number of rotatable bonds is 7. The molecule has 2 aromatic carbocycles. The Morgan fingerprint density at radius 3 is 2.54 bits per heavy atom. The molecule has 1 N–H and O–H groups in total. The first-order valence-corrected chi connectivity index (χ1v) is 11.7. The summed E-state index contributed by atoms with van der Waals surface area (Å²) in [4.78, 5) is 13.1. The van der Waals surface area contributed by atoms with Gasteiger partial charge in [0.25, 0.3) is 0 Å². The first kappa shape index (κ1) is 20.6. The third kappa shape index (κ3) is 4.32. The number of nitrogens with one attached hydrogen (secondary N) is 1. The van der Waals surface area contributed by atoms with Crippen LogP contribution in [-0.2, 0) is 14.8 Å². The topological polar surface area (TPSA) is 66.5 Å². The van der Waals surface area contributed by atoms with Gasteiger partial charge in [-0.05, 0) is 29.7 Å². The number of carbonyl (C=O) groups excluding carboxylic acids is 1. The van der Waals surface area contributed by atoms with Crippen LogP contribution >= 0.6 is 11.8 Å². The lowest BCUT2D eigenvalue weighted by Crippen LogP contribution is -2.45. The molecule has 7 heteroatoms. The van der Waals surface area contributed by atoms with Crippen molar-refractivity contribution >= 4 is 33.8 Å². The van der Waals surface area contributed by atoms with Crippen molar-refractivity contribution in [3.63, 3.8) is 0 Å². The summed E-state index contributed by atoms with van der Waals surface area (Å²) in [5.41, 5.74) is 1.86. The van der Waals surface area contributed by atoms with Crippen molar-refractivity contribution in [3.05, 3.63) is 72.3 Å². The number of hydrogen-bond acceptors (Lipinski definition) is 4. The van der Waals surface area contributed by atoms with Crippen LogP contribution in [0.4, 0.5) is 0 Å². The number of nitrogens with zero attached hydrogens (tertiary/aromatic N) is 1. The average molecular weight is 417 g/mol. The van der Waals surface area contributed by atoms with E-state index >= 15 is 0 Å². The Morgan fingerprint density at radius 2 is 1.93 bits per heavy atom. The molecule has 1 aliphatic rings. The second kappa shape index (κ2) is 8.94. The first-order valence-electron chi connectivity index (χ1n) is 9.18. The van der Waals surface area contributed by atoms with E-state index in [0.717, 1.165) is 17.5 Å². The average Bonchev–Trinajstić information content (AvgIpc) is 3.23. The molecular formula is C21H24N2O3S2. The van der Waals surface area contributed by atoms with E-state index in [1.165, 1.54) is 16.1 Å². The van der Waals surface area contributed by atoms with E-state index in [2.05, 4.69) is 11.9 Å². The Bertz CT molecular complexity index is 928. The van der Waals surface area contributed by atoms with Gasteiger partial charge in [0.15, 0.2) is 0 Å². The molecule has 1 aliphatic heterocycles. The van der Waals surface area contributed by atoms with E-state index in [-0.39, 0.29) is 16.8 Å². The van der Waals surface area contributed by atoms with Crippen LogP contribution < -0.4 is 5.32 Å². The van der Waals surface area contributed by atoms with Gasteiger partial charge in [0.1, 0.15) is 5.37 Å². The Kier molecular flexibility index (Phi) is 6.59. The van der Waals surface area contributed by atoms with E-state index in [9.17, 15) is 13.2 Å². The minimum absolute atomic E-state index is 0.147. The second-order valence-electron chi connectivity index (χ2n) is 6.49. The molecule has 5 nitrogen and oxygen atoms in total. The maximum Gasteiger partial charge on any atom is 0.249 e. The quantitative estimate of drug-likeness (QED) is 0.748. The van der Waals surface area contributed by atoms with Crippen LogP contribution in [0.2, 0.25) is 0 Å². The van der Waals surface area contributed by atoms with E-state index in [1.54, 1.807) is 30.3 Å². The summed E-state index contributed by atoms with van der Waals surface area (Å²) in [6, 6.07) is 16.1. The van der Waals surface area contributed by atoms with Gasteiger partial charge in [0, 0.05) is 12.3 Å². The lowest BCUT2D eigenvalue weighted by atomic mass is 10.0.